The Balaban J connectivity index is 1.61. The van der Waals surface area contributed by atoms with E-state index in [1.165, 1.54) is 25.0 Å². The molecule has 0 radical (unpaired) electrons. The van der Waals surface area contributed by atoms with Crippen LogP contribution in [-0.2, 0) is 16.8 Å². The molecule has 0 spiro atoms. The largest absolute Gasteiger partial charge is 0.424 e. The Morgan fingerprint density at radius 3 is 2.57 bits per heavy atom. The predicted molar refractivity (Wildman–Crippen MR) is 96.7 cm³/mol. The average molecular weight is 399 g/mol. The SMILES string of the molecule is O=C(CCC1CCCC1)N1CCCCc2cc3c(cc21)C(F)C3(O)C(F)(F)F. The molecule has 1 saturated carbocycles. The van der Waals surface area contributed by atoms with E-state index in [9.17, 15) is 27.5 Å². The molecule has 2 unspecified atom stereocenters. The van der Waals surface area contributed by atoms with Crippen LogP contribution in [0.3, 0.4) is 0 Å². The molecule has 1 aliphatic heterocycles. The number of nitrogens with zero attached hydrogens (tertiary/aromatic N) is 1. The fourth-order valence-corrected chi connectivity index (χ4v) is 4.95. The van der Waals surface area contributed by atoms with Crippen LogP contribution in [0.15, 0.2) is 12.1 Å². The third kappa shape index (κ3) is 3.02. The minimum Gasteiger partial charge on any atom is -0.374 e. The number of fused-ring (bicyclic) bond motifs is 2. The first kappa shape index (κ1) is 19.7. The molecule has 0 bridgehead atoms. The summed E-state index contributed by atoms with van der Waals surface area (Å²) in [7, 11) is 0. The molecule has 1 fully saturated rings. The Morgan fingerprint density at radius 1 is 1.18 bits per heavy atom. The van der Waals surface area contributed by atoms with Crippen molar-refractivity contribution in [2.75, 3.05) is 11.4 Å². The number of aliphatic hydroxyl groups is 1. The van der Waals surface area contributed by atoms with E-state index in [1.54, 1.807) is 4.90 Å². The lowest BCUT2D eigenvalue weighted by Gasteiger charge is -2.44. The van der Waals surface area contributed by atoms with E-state index in [0.717, 1.165) is 32.1 Å². The van der Waals surface area contributed by atoms with E-state index in [0.29, 0.717) is 36.6 Å². The van der Waals surface area contributed by atoms with Crippen LogP contribution in [0.1, 0.15) is 74.2 Å². The Hall–Kier alpha value is -1.63. The normalized spacial score (nSPS) is 27.8. The molecule has 0 aromatic heterocycles. The number of alkyl halides is 4. The highest BCUT2D eigenvalue weighted by atomic mass is 19.4. The van der Waals surface area contributed by atoms with Gasteiger partial charge >= 0.3 is 6.18 Å². The number of amides is 1. The standard InChI is InChI=1S/C21H25F4NO2/c22-19-15-12-17-14(11-16(15)20(19,28)21(23,24)25)7-3-4-10-26(17)18(27)9-8-13-5-1-2-6-13/h11-13,19,28H,1-10H2. The summed E-state index contributed by atoms with van der Waals surface area (Å²) in [5, 5.41) is 9.94. The zero-order chi connectivity index (χ0) is 20.1. The van der Waals surface area contributed by atoms with Crippen molar-refractivity contribution in [2.45, 2.75) is 75.7 Å². The van der Waals surface area contributed by atoms with Gasteiger partial charge in [-0.2, -0.15) is 13.2 Å². The van der Waals surface area contributed by atoms with Crippen LogP contribution < -0.4 is 4.90 Å². The molecule has 154 valence electrons. The minimum absolute atomic E-state index is 0.0455. The highest BCUT2D eigenvalue weighted by Gasteiger charge is 2.68. The first-order chi connectivity index (χ1) is 13.2. The number of halogens is 4. The van der Waals surface area contributed by atoms with Crippen LogP contribution in [0, 0.1) is 5.92 Å². The molecule has 4 rings (SSSR count). The van der Waals surface area contributed by atoms with Crippen molar-refractivity contribution < 1.29 is 27.5 Å². The number of aryl methyl sites for hydroxylation is 1. The third-order valence-electron chi connectivity index (χ3n) is 6.64. The molecule has 3 nitrogen and oxygen atoms in total. The maximum Gasteiger partial charge on any atom is 0.424 e. The quantitative estimate of drug-likeness (QED) is 0.719. The summed E-state index contributed by atoms with van der Waals surface area (Å²) >= 11 is 0. The summed E-state index contributed by atoms with van der Waals surface area (Å²) in [5.41, 5.74) is -2.92. The molecule has 1 aromatic carbocycles. The van der Waals surface area contributed by atoms with Crippen molar-refractivity contribution in [1.29, 1.82) is 0 Å². The van der Waals surface area contributed by atoms with Crippen molar-refractivity contribution in [3.8, 4) is 0 Å². The van der Waals surface area contributed by atoms with Crippen molar-refractivity contribution in [3.05, 3.63) is 28.8 Å². The van der Waals surface area contributed by atoms with E-state index in [2.05, 4.69) is 0 Å². The Labute approximate surface area is 161 Å². The lowest BCUT2D eigenvalue weighted by Crippen LogP contribution is -2.53. The van der Waals surface area contributed by atoms with Crippen molar-refractivity contribution in [1.82, 2.24) is 0 Å². The van der Waals surface area contributed by atoms with Gasteiger partial charge in [-0.1, -0.05) is 25.7 Å². The summed E-state index contributed by atoms with van der Waals surface area (Å²) in [6.45, 7) is 0.496. The van der Waals surface area contributed by atoms with Crippen LogP contribution in [0.25, 0.3) is 0 Å². The van der Waals surface area contributed by atoms with Crippen LogP contribution in [-0.4, -0.2) is 23.7 Å². The smallest absolute Gasteiger partial charge is 0.374 e. The van der Waals surface area contributed by atoms with E-state index < -0.39 is 23.5 Å². The monoisotopic (exact) mass is 399 g/mol. The van der Waals surface area contributed by atoms with E-state index in [4.69, 9.17) is 0 Å². The molecule has 1 aromatic rings. The zero-order valence-electron chi connectivity index (χ0n) is 15.7. The number of carbonyl (C=O) groups excluding carboxylic acids is 1. The molecule has 7 heteroatoms. The van der Waals surface area contributed by atoms with Crippen molar-refractivity contribution >= 4 is 11.6 Å². The van der Waals surface area contributed by atoms with Gasteiger partial charge in [0.1, 0.15) is 0 Å². The van der Waals surface area contributed by atoms with Gasteiger partial charge in [-0.3, -0.25) is 4.79 Å². The fourth-order valence-electron chi connectivity index (χ4n) is 4.95. The van der Waals surface area contributed by atoms with E-state index >= 15 is 0 Å². The maximum atomic E-state index is 14.3. The third-order valence-corrected chi connectivity index (χ3v) is 6.64. The highest BCUT2D eigenvalue weighted by molar-refractivity contribution is 5.94. The molecule has 28 heavy (non-hydrogen) atoms. The number of hydrogen-bond donors (Lipinski definition) is 1. The summed E-state index contributed by atoms with van der Waals surface area (Å²) in [6.07, 6.45) is 0.352. The minimum atomic E-state index is -5.07. The first-order valence-corrected chi connectivity index (χ1v) is 10.1. The molecular weight excluding hydrogens is 374 g/mol. The number of hydrogen-bond acceptors (Lipinski definition) is 2. The molecule has 1 amide bonds. The Kier molecular flexibility index (Phi) is 4.92. The molecule has 1 heterocycles. The maximum absolute atomic E-state index is 14.3. The van der Waals surface area contributed by atoms with Gasteiger partial charge in [-0.15, -0.1) is 0 Å². The lowest BCUT2D eigenvalue weighted by atomic mass is 9.70. The molecule has 3 aliphatic rings. The second-order valence-electron chi connectivity index (χ2n) is 8.39. The van der Waals surface area contributed by atoms with E-state index in [1.807, 2.05) is 0 Å². The van der Waals surface area contributed by atoms with Gasteiger partial charge in [0.2, 0.25) is 11.5 Å². The molecule has 1 N–H and O–H groups in total. The van der Waals surface area contributed by atoms with Crippen molar-refractivity contribution in [2.24, 2.45) is 5.92 Å². The van der Waals surface area contributed by atoms with Gasteiger partial charge in [0, 0.05) is 24.2 Å². The summed E-state index contributed by atoms with van der Waals surface area (Å²) in [4.78, 5) is 14.5. The van der Waals surface area contributed by atoms with E-state index in [-0.39, 0.29) is 11.5 Å². The van der Waals surface area contributed by atoms with Gasteiger partial charge in [-0.05, 0) is 54.9 Å². The summed E-state index contributed by atoms with van der Waals surface area (Å²) < 4.78 is 54.0. The van der Waals surface area contributed by atoms with Gasteiger partial charge in [-0.25, -0.2) is 4.39 Å². The summed E-state index contributed by atoms with van der Waals surface area (Å²) in [5.74, 6) is 0.528. The topological polar surface area (TPSA) is 40.5 Å². The Morgan fingerprint density at radius 2 is 1.89 bits per heavy atom. The lowest BCUT2D eigenvalue weighted by molar-refractivity contribution is -0.302. The van der Waals surface area contributed by atoms with Crippen LogP contribution in [0.4, 0.5) is 23.2 Å². The van der Waals surface area contributed by atoms with Gasteiger partial charge in [0.15, 0.2) is 6.17 Å². The Bertz CT molecular complexity index is 772. The second kappa shape index (κ2) is 7.01. The van der Waals surface area contributed by atoms with Crippen LogP contribution >= 0.6 is 0 Å². The molecule has 2 aliphatic carbocycles. The first-order valence-electron chi connectivity index (χ1n) is 10.1. The number of anilines is 1. The van der Waals surface area contributed by atoms with Gasteiger partial charge < -0.3 is 10.0 Å². The van der Waals surface area contributed by atoms with Crippen LogP contribution in [0.2, 0.25) is 0 Å². The molecular formula is C21H25F4NO2. The van der Waals surface area contributed by atoms with Crippen LogP contribution in [0.5, 0.6) is 0 Å². The number of carbonyl (C=O) groups is 1. The predicted octanol–water partition coefficient (Wildman–Crippen LogP) is 5.10. The van der Waals surface area contributed by atoms with Gasteiger partial charge in [0.25, 0.3) is 0 Å². The molecule has 2 atom stereocenters. The summed E-state index contributed by atoms with van der Waals surface area (Å²) in [6, 6.07) is 2.62. The second-order valence-corrected chi connectivity index (χ2v) is 8.39. The number of benzene rings is 1. The number of rotatable bonds is 3. The average Bonchev–Trinajstić information content (AvgIpc) is 3.09. The van der Waals surface area contributed by atoms with Gasteiger partial charge in [0.05, 0.1) is 0 Å². The molecule has 0 saturated heterocycles. The zero-order valence-corrected chi connectivity index (χ0v) is 15.7. The highest BCUT2D eigenvalue weighted by Crippen LogP contribution is 2.60. The van der Waals surface area contributed by atoms with Crippen molar-refractivity contribution in [3.63, 3.8) is 0 Å². The fraction of sp³-hybridized carbons (Fsp3) is 0.667.